The number of fused-ring (bicyclic) bond motifs is 2. The van der Waals surface area contributed by atoms with Crippen molar-refractivity contribution in [3.05, 3.63) is 93.6 Å². The molecule has 0 fully saturated rings. The lowest BCUT2D eigenvalue weighted by molar-refractivity contribution is 0.0959. The number of nitrogens with one attached hydrogen (secondary N) is 2. The molecule has 2 aromatic heterocycles. The Labute approximate surface area is 175 Å². The lowest BCUT2D eigenvalue weighted by atomic mass is 9.99. The first-order valence-electron chi connectivity index (χ1n) is 8.95. The van der Waals surface area contributed by atoms with Gasteiger partial charge in [-0.1, -0.05) is 35.9 Å². The zero-order chi connectivity index (χ0) is 20.0. The van der Waals surface area contributed by atoms with Crippen molar-refractivity contribution in [2.24, 2.45) is 0 Å². The maximum Gasteiger partial charge on any atom is 0.257 e. The third-order valence-electron chi connectivity index (χ3n) is 4.95. The predicted molar refractivity (Wildman–Crippen MR) is 115 cm³/mol. The summed E-state index contributed by atoms with van der Waals surface area (Å²) in [5.74, 6) is -0.440. The second kappa shape index (κ2) is 6.99. The molecule has 0 saturated carbocycles. The van der Waals surface area contributed by atoms with Crippen molar-refractivity contribution >= 4 is 50.5 Å². The van der Waals surface area contributed by atoms with Gasteiger partial charge in [-0.2, -0.15) is 0 Å². The summed E-state index contributed by atoms with van der Waals surface area (Å²) in [6.07, 6.45) is 1.63. The van der Waals surface area contributed by atoms with Crippen LogP contribution in [-0.2, 0) is 0 Å². The Balaban J connectivity index is 1.57. The fourth-order valence-corrected chi connectivity index (χ4v) is 4.79. The van der Waals surface area contributed by atoms with Crippen molar-refractivity contribution in [1.29, 1.82) is 0 Å². The van der Waals surface area contributed by atoms with Gasteiger partial charge < -0.3 is 10.6 Å². The normalized spacial score (nSPS) is 15.2. The van der Waals surface area contributed by atoms with Gasteiger partial charge >= 0.3 is 0 Å². The smallest absolute Gasteiger partial charge is 0.257 e. The first kappa shape index (κ1) is 17.8. The number of amides is 2. The van der Waals surface area contributed by atoms with Crippen molar-refractivity contribution in [2.45, 2.75) is 6.04 Å². The zero-order valence-electron chi connectivity index (χ0n) is 15.0. The zero-order valence-corrected chi connectivity index (χ0v) is 16.6. The van der Waals surface area contributed by atoms with Crippen LogP contribution in [0.25, 0.3) is 10.1 Å². The first-order chi connectivity index (χ1) is 14.1. The molecule has 0 radical (unpaired) electrons. The van der Waals surface area contributed by atoms with Crippen LogP contribution in [0.2, 0.25) is 5.02 Å². The summed E-state index contributed by atoms with van der Waals surface area (Å²) in [5.41, 5.74) is 2.89. The number of pyridine rings is 1. The molecule has 3 heterocycles. The number of hydrogen-bond acceptors (Lipinski definition) is 4. The van der Waals surface area contributed by atoms with E-state index >= 15 is 0 Å². The van der Waals surface area contributed by atoms with Crippen LogP contribution in [0.4, 0.5) is 5.69 Å². The Morgan fingerprint density at radius 1 is 1.10 bits per heavy atom. The van der Waals surface area contributed by atoms with Crippen LogP contribution >= 0.6 is 22.9 Å². The largest absolute Gasteiger partial charge is 0.339 e. The molecule has 2 amide bonds. The Morgan fingerprint density at radius 3 is 2.83 bits per heavy atom. The van der Waals surface area contributed by atoms with Crippen LogP contribution in [0.3, 0.4) is 0 Å². The van der Waals surface area contributed by atoms with E-state index in [2.05, 4.69) is 15.6 Å². The molecular formula is C22H14ClN3O2S. The Kier molecular flexibility index (Phi) is 4.30. The topological polar surface area (TPSA) is 71.1 Å². The van der Waals surface area contributed by atoms with E-state index in [1.807, 2.05) is 29.6 Å². The quantitative estimate of drug-likeness (QED) is 0.489. The highest BCUT2D eigenvalue weighted by molar-refractivity contribution is 7.17. The van der Waals surface area contributed by atoms with Crippen LogP contribution in [-0.4, -0.2) is 16.8 Å². The minimum Gasteiger partial charge on any atom is -0.339 e. The molecule has 4 aromatic rings. The van der Waals surface area contributed by atoms with Gasteiger partial charge in [-0.05, 0) is 30.3 Å². The molecule has 0 spiro atoms. The van der Waals surface area contributed by atoms with E-state index in [-0.39, 0.29) is 11.8 Å². The molecule has 2 N–H and O–H groups in total. The first-order valence-corrected chi connectivity index (χ1v) is 10.2. The van der Waals surface area contributed by atoms with E-state index in [0.29, 0.717) is 33.1 Å². The molecule has 0 aliphatic carbocycles. The molecule has 2 aromatic carbocycles. The summed E-state index contributed by atoms with van der Waals surface area (Å²) in [7, 11) is 0. The summed E-state index contributed by atoms with van der Waals surface area (Å²) in [5, 5.41) is 9.11. The Bertz CT molecular complexity index is 1280. The Hall–Kier alpha value is -3.22. The van der Waals surface area contributed by atoms with Gasteiger partial charge in [0, 0.05) is 38.5 Å². The molecule has 0 bridgehead atoms. The minimum atomic E-state index is -0.526. The highest BCUT2D eigenvalue weighted by atomic mass is 35.5. The molecule has 1 aliphatic rings. The number of thiophene rings is 1. The standard InChI is InChI=1S/C22H14ClN3O2S/c23-15-7-4-10-24-19(15)20-18-13(21(27)26-20)6-3-8-16(18)25-22(28)14-11-29-17-9-2-1-5-12(14)17/h1-11,20H,(H,25,28)(H,26,27). The van der Waals surface area contributed by atoms with Crippen LogP contribution in [0, 0.1) is 0 Å². The van der Waals surface area contributed by atoms with Gasteiger partial charge in [0.1, 0.15) is 6.04 Å². The van der Waals surface area contributed by atoms with Crippen LogP contribution in [0.1, 0.15) is 38.0 Å². The maximum atomic E-state index is 13.0. The van der Waals surface area contributed by atoms with E-state index in [9.17, 15) is 9.59 Å². The molecule has 0 saturated heterocycles. The summed E-state index contributed by atoms with van der Waals surface area (Å²) in [4.78, 5) is 29.9. The summed E-state index contributed by atoms with van der Waals surface area (Å²) >= 11 is 7.85. The van der Waals surface area contributed by atoms with Crippen molar-refractivity contribution in [3.8, 4) is 0 Å². The summed E-state index contributed by atoms with van der Waals surface area (Å²) < 4.78 is 1.05. The molecule has 1 unspecified atom stereocenters. The lowest BCUT2D eigenvalue weighted by Gasteiger charge is -2.16. The molecule has 5 nitrogen and oxygen atoms in total. The van der Waals surface area contributed by atoms with Gasteiger partial charge in [-0.15, -0.1) is 11.3 Å². The van der Waals surface area contributed by atoms with Gasteiger partial charge in [0.15, 0.2) is 0 Å². The van der Waals surface area contributed by atoms with Crippen molar-refractivity contribution in [3.63, 3.8) is 0 Å². The average Bonchev–Trinajstić information content (AvgIpc) is 3.31. The van der Waals surface area contributed by atoms with Crippen LogP contribution in [0.5, 0.6) is 0 Å². The van der Waals surface area contributed by atoms with E-state index in [4.69, 9.17) is 11.6 Å². The molecule has 1 aliphatic heterocycles. The molecule has 1 atom stereocenters. The molecule has 7 heteroatoms. The lowest BCUT2D eigenvalue weighted by Crippen LogP contribution is -2.21. The predicted octanol–water partition coefficient (Wildman–Crippen LogP) is 5.03. The highest BCUT2D eigenvalue weighted by Crippen LogP contribution is 2.38. The van der Waals surface area contributed by atoms with Gasteiger partial charge in [0.2, 0.25) is 0 Å². The van der Waals surface area contributed by atoms with E-state index in [0.717, 1.165) is 10.1 Å². The number of carbonyl (C=O) groups excluding carboxylic acids is 2. The fourth-order valence-electron chi connectivity index (χ4n) is 3.62. The molecule has 29 heavy (non-hydrogen) atoms. The molecule has 142 valence electrons. The third-order valence-corrected chi connectivity index (χ3v) is 6.23. The summed E-state index contributed by atoms with van der Waals surface area (Å²) in [6.45, 7) is 0. The van der Waals surface area contributed by atoms with Gasteiger partial charge in [0.25, 0.3) is 11.8 Å². The number of hydrogen-bond donors (Lipinski definition) is 2. The van der Waals surface area contributed by atoms with Crippen molar-refractivity contribution in [2.75, 3.05) is 5.32 Å². The van der Waals surface area contributed by atoms with Crippen molar-refractivity contribution < 1.29 is 9.59 Å². The van der Waals surface area contributed by atoms with E-state index in [1.165, 1.54) is 11.3 Å². The average molecular weight is 420 g/mol. The SMILES string of the molecule is O=C1NC(c2ncccc2Cl)c2c(NC(=O)c3csc4ccccc34)cccc21. The molecule has 5 rings (SSSR count). The van der Waals surface area contributed by atoms with Crippen LogP contribution < -0.4 is 10.6 Å². The van der Waals surface area contributed by atoms with E-state index in [1.54, 1.807) is 36.5 Å². The van der Waals surface area contributed by atoms with Gasteiger partial charge in [-0.3, -0.25) is 14.6 Å². The van der Waals surface area contributed by atoms with Gasteiger partial charge in [-0.25, -0.2) is 0 Å². The second-order valence-electron chi connectivity index (χ2n) is 6.64. The Morgan fingerprint density at radius 2 is 1.97 bits per heavy atom. The van der Waals surface area contributed by atoms with E-state index < -0.39 is 6.04 Å². The number of nitrogens with zero attached hydrogens (tertiary/aromatic N) is 1. The number of anilines is 1. The maximum absolute atomic E-state index is 13.0. The number of aromatic nitrogens is 1. The number of carbonyl (C=O) groups is 2. The minimum absolute atomic E-state index is 0.219. The second-order valence-corrected chi connectivity index (χ2v) is 7.96. The number of halogens is 1. The molecular weight excluding hydrogens is 406 g/mol. The number of rotatable bonds is 3. The fraction of sp³-hybridized carbons (Fsp3) is 0.0455. The highest BCUT2D eigenvalue weighted by Gasteiger charge is 2.34. The monoisotopic (exact) mass is 419 g/mol. The summed E-state index contributed by atoms with van der Waals surface area (Å²) in [6, 6.07) is 16.0. The van der Waals surface area contributed by atoms with Gasteiger partial charge in [0.05, 0.1) is 16.3 Å². The van der Waals surface area contributed by atoms with Crippen molar-refractivity contribution in [1.82, 2.24) is 10.3 Å². The van der Waals surface area contributed by atoms with Crippen LogP contribution in [0.15, 0.2) is 66.2 Å². The third kappa shape index (κ3) is 2.97. The number of benzene rings is 2.